The number of likely N-dealkylation sites (N-methyl/N-ethyl adjacent to an activating group) is 1. The first-order valence-corrected chi connectivity index (χ1v) is 8.37. The third-order valence-corrected chi connectivity index (χ3v) is 5.33. The van der Waals surface area contributed by atoms with E-state index >= 15 is 0 Å². The molecule has 0 saturated carbocycles. The van der Waals surface area contributed by atoms with Gasteiger partial charge in [0.2, 0.25) is 0 Å². The number of nitrogens with zero attached hydrogens (tertiary/aromatic N) is 2. The molecule has 1 fully saturated rings. The van der Waals surface area contributed by atoms with Crippen LogP contribution in [-0.4, -0.2) is 43.0 Å². The number of halogens is 1. The Hall–Kier alpha value is -1.35. The molecule has 0 aliphatic carbocycles. The van der Waals surface area contributed by atoms with E-state index in [1.54, 1.807) is 0 Å². The van der Waals surface area contributed by atoms with Crippen molar-refractivity contribution in [3.05, 3.63) is 70.2 Å². The molecule has 2 aliphatic rings. The van der Waals surface area contributed by atoms with Gasteiger partial charge in [-0.15, -0.1) is 0 Å². The van der Waals surface area contributed by atoms with Crippen LogP contribution in [0.15, 0.2) is 48.5 Å². The first-order valence-electron chi connectivity index (χ1n) is 7.99. The van der Waals surface area contributed by atoms with Gasteiger partial charge in [0.15, 0.2) is 0 Å². The van der Waals surface area contributed by atoms with Crippen molar-refractivity contribution in [3.8, 4) is 0 Å². The van der Waals surface area contributed by atoms with E-state index < -0.39 is 0 Å². The van der Waals surface area contributed by atoms with E-state index in [9.17, 15) is 0 Å². The Bertz CT molecular complexity index is 685. The van der Waals surface area contributed by atoms with Crippen LogP contribution < -0.4 is 0 Å². The third-order valence-electron chi connectivity index (χ3n) is 5.09. The number of rotatable bonds is 1. The number of piperazine rings is 1. The molecule has 0 N–H and O–H groups in total. The number of fused-ring (bicyclic) bond motifs is 3. The summed E-state index contributed by atoms with van der Waals surface area (Å²) in [6.07, 6.45) is 0. The topological polar surface area (TPSA) is 6.48 Å². The molecular weight excluding hydrogens is 292 g/mol. The van der Waals surface area contributed by atoms with Gasteiger partial charge in [0.05, 0.1) is 0 Å². The molecule has 2 aliphatic heterocycles. The summed E-state index contributed by atoms with van der Waals surface area (Å²) < 4.78 is 0. The number of benzene rings is 2. The van der Waals surface area contributed by atoms with Gasteiger partial charge in [-0.3, -0.25) is 4.90 Å². The highest BCUT2D eigenvalue weighted by Gasteiger charge is 2.36. The lowest BCUT2D eigenvalue weighted by Gasteiger charge is -2.46. The summed E-state index contributed by atoms with van der Waals surface area (Å²) in [5, 5.41) is 0.829. The van der Waals surface area contributed by atoms with E-state index in [-0.39, 0.29) is 0 Å². The van der Waals surface area contributed by atoms with Crippen LogP contribution in [0.4, 0.5) is 0 Å². The summed E-state index contributed by atoms with van der Waals surface area (Å²) >= 11 is 6.23. The maximum Gasteiger partial charge on any atom is 0.0478 e. The van der Waals surface area contributed by atoms with E-state index in [4.69, 9.17) is 11.6 Å². The lowest BCUT2D eigenvalue weighted by molar-refractivity contribution is 0.0772. The maximum atomic E-state index is 6.23. The van der Waals surface area contributed by atoms with Gasteiger partial charge in [0.25, 0.3) is 0 Å². The first-order chi connectivity index (χ1) is 10.7. The van der Waals surface area contributed by atoms with Gasteiger partial charge in [-0.2, -0.15) is 0 Å². The fourth-order valence-corrected chi connectivity index (χ4v) is 4.14. The second kappa shape index (κ2) is 5.69. The zero-order valence-electron chi connectivity index (χ0n) is 12.9. The van der Waals surface area contributed by atoms with Gasteiger partial charge < -0.3 is 4.90 Å². The Labute approximate surface area is 137 Å². The maximum absolute atomic E-state index is 6.23. The summed E-state index contributed by atoms with van der Waals surface area (Å²) in [4.78, 5) is 5.09. The molecule has 3 heteroatoms. The molecule has 0 aromatic heterocycles. The van der Waals surface area contributed by atoms with Crippen LogP contribution in [0.25, 0.3) is 0 Å². The minimum absolute atomic E-state index is 0.426. The fourth-order valence-electron chi connectivity index (χ4n) is 3.94. The highest BCUT2D eigenvalue weighted by atomic mass is 35.5. The van der Waals surface area contributed by atoms with Crippen molar-refractivity contribution in [2.75, 3.05) is 33.2 Å². The molecule has 0 spiro atoms. The molecule has 0 bridgehead atoms. The molecule has 2 heterocycles. The minimum atomic E-state index is 0.426. The summed E-state index contributed by atoms with van der Waals surface area (Å²) in [7, 11) is 2.23. The van der Waals surface area contributed by atoms with E-state index in [0.717, 1.165) is 31.2 Å². The highest BCUT2D eigenvalue weighted by molar-refractivity contribution is 6.30. The van der Waals surface area contributed by atoms with Crippen molar-refractivity contribution in [1.82, 2.24) is 9.80 Å². The van der Waals surface area contributed by atoms with Gasteiger partial charge in [-0.1, -0.05) is 48.0 Å². The fraction of sp³-hybridized carbons (Fsp3) is 0.368. The Morgan fingerprint density at radius 2 is 1.77 bits per heavy atom. The van der Waals surface area contributed by atoms with E-state index in [0.29, 0.717) is 12.0 Å². The van der Waals surface area contributed by atoms with Crippen molar-refractivity contribution in [2.24, 2.45) is 0 Å². The van der Waals surface area contributed by atoms with Crippen LogP contribution in [0.5, 0.6) is 0 Å². The van der Waals surface area contributed by atoms with Crippen molar-refractivity contribution in [3.63, 3.8) is 0 Å². The smallest absolute Gasteiger partial charge is 0.0478 e. The lowest BCUT2D eigenvalue weighted by Crippen LogP contribution is -2.50. The van der Waals surface area contributed by atoms with Crippen molar-refractivity contribution < 1.29 is 0 Å². The molecule has 1 saturated heterocycles. The number of hydrogen-bond acceptors (Lipinski definition) is 2. The molecule has 4 rings (SSSR count). The van der Waals surface area contributed by atoms with Crippen LogP contribution in [-0.2, 0) is 0 Å². The van der Waals surface area contributed by atoms with E-state index in [1.165, 1.54) is 16.7 Å². The van der Waals surface area contributed by atoms with Crippen molar-refractivity contribution in [2.45, 2.75) is 12.0 Å². The Balaban J connectivity index is 1.79. The molecule has 114 valence electrons. The minimum Gasteiger partial charge on any atom is -0.303 e. The van der Waals surface area contributed by atoms with Crippen molar-refractivity contribution >= 4 is 11.6 Å². The predicted octanol–water partition coefficient (Wildman–Crippen LogP) is 3.77. The van der Waals surface area contributed by atoms with Crippen molar-refractivity contribution in [1.29, 1.82) is 0 Å². The van der Waals surface area contributed by atoms with Crippen LogP contribution >= 0.6 is 11.6 Å². The summed E-state index contributed by atoms with van der Waals surface area (Å²) in [5.74, 6) is 0.426. The highest BCUT2D eigenvalue weighted by Crippen LogP contribution is 2.40. The van der Waals surface area contributed by atoms with Crippen LogP contribution in [0.2, 0.25) is 5.02 Å². The van der Waals surface area contributed by atoms with Gasteiger partial charge in [-0.25, -0.2) is 0 Å². The predicted molar refractivity (Wildman–Crippen MR) is 91.5 cm³/mol. The van der Waals surface area contributed by atoms with Gasteiger partial charge in [-0.05, 0) is 35.9 Å². The second-order valence-electron chi connectivity index (χ2n) is 6.51. The summed E-state index contributed by atoms with van der Waals surface area (Å²) in [6, 6.07) is 17.8. The molecule has 2 nitrogen and oxygen atoms in total. The second-order valence-corrected chi connectivity index (χ2v) is 6.95. The Kier molecular flexibility index (Phi) is 3.69. The Morgan fingerprint density at radius 3 is 2.59 bits per heavy atom. The molecule has 2 atom stereocenters. The zero-order valence-corrected chi connectivity index (χ0v) is 13.6. The van der Waals surface area contributed by atoms with E-state index in [2.05, 4.69) is 59.3 Å². The first kappa shape index (κ1) is 14.3. The lowest BCUT2D eigenvalue weighted by atomic mass is 9.80. The third kappa shape index (κ3) is 2.45. The normalized spacial score (nSPS) is 25.5. The molecule has 0 amide bonds. The molecule has 0 unspecified atom stereocenters. The van der Waals surface area contributed by atoms with Crippen LogP contribution in [0, 0.1) is 0 Å². The molecule has 0 radical (unpaired) electrons. The molecule has 22 heavy (non-hydrogen) atoms. The molecule has 2 aromatic rings. The molecule has 2 aromatic carbocycles. The van der Waals surface area contributed by atoms with Gasteiger partial charge in [0.1, 0.15) is 0 Å². The monoisotopic (exact) mass is 312 g/mol. The summed E-state index contributed by atoms with van der Waals surface area (Å²) in [5.41, 5.74) is 4.30. The van der Waals surface area contributed by atoms with Gasteiger partial charge >= 0.3 is 0 Å². The average Bonchev–Trinajstić information content (AvgIpc) is 2.54. The molecular formula is C19H21ClN2. The van der Waals surface area contributed by atoms with E-state index in [1.807, 2.05) is 6.07 Å². The quantitative estimate of drug-likeness (QED) is 0.791. The largest absolute Gasteiger partial charge is 0.303 e. The summed E-state index contributed by atoms with van der Waals surface area (Å²) in [6.45, 7) is 4.52. The van der Waals surface area contributed by atoms with Crippen LogP contribution in [0.1, 0.15) is 28.7 Å². The SMILES string of the molecule is CN1CCN2C[C@@H](c3cccc(Cl)c3)c3ccccc3[C@@H]2C1. The van der Waals surface area contributed by atoms with Gasteiger partial charge in [0, 0.05) is 43.2 Å². The standard InChI is InChI=1S/C19H21ClN2/c1-21-9-10-22-12-18(14-5-4-6-15(20)11-14)16-7-2-3-8-17(16)19(22)13-21/h2-8,11,18-19H,9-10,12-13H2,1H3/t18-,19-/m0/s1. The number of hydrogen-bond donors (Lipinski definition) is 0. The zero-order chi connectivity index (χ0) is 15.1. The Morgan fingerprint density at radius 1 is 0.955 bits per heavy atom. The average molecular weight is 313 g/mol. The van der Waals surface area contributed by atoms with Crippen LogP contribution in [0.3, 0.4) is 0 Å².